The number of carbonyl (C=O) groups excluding carboxylic acids is 1. The fraction of sp³-hybridized carbons (Fsp3) is 0.389. The summed E-state index contributed by atoms with van der Waals surface area (Å²) in [7, 11) is 0. The maximum atomic E-state index is 12.4. The second-order valence-electron chi connectivity index (χ2n) is 6.06. The van der Waals surface area contributed by atoms with Gasteiger partial charge >= 0.3 is 0 Å². The van der Waals surface area contributed by atoms with E-state index in [-0.39, 0.29) is 12.0 Å². The van der Waals surface area contributed by atoms with Crippen LogP contribution in [0.15, 0.2) is 30.6 Å². The van der Waals surface area contributed by atoms with Crippen molar-refractivity contribution in [2.45, 2.75) is 32.8 Å². The number of nitrogens with one attached hydrogen (secondary N) is 2. The standard InChI is InChI=1S/C18H22N4O2/c1-12-5-6-14(8-13(12)2)22-18(23)16-9-17(21-11-20-16)19-10-15-4-3-7-24-15/h5-6,8-9,11,15H,3-4,7,10H2,1-2H3,(H,22,23)(H,19,20,21). The van der Waals surface area contributed by atoms with Crippen LogP contribution >= 0.6 is 0 Å². The van der Waals surface area contributed by atoms with Crippen molar-refractivity contribution >= 4 is 17.4 Å². The highest BCUT2D eigenvalue weighted by Gasteiger charge is 2.15. The predicted octanol–water partition coefficient (Wildman–Crippen LogP) is 2.94. The summed E-state index contributed by atoms with van der Waals surface area (Å²) >= 11 is 0. The molecule has 1 aliphatic rings. The Labute approximate surface area is 141 Å². The number of hydrogen-bond acceptors (Lipinski definition) is 5. The largest absolute Gasteiger partial charge is 0.376 e. The summed E-state index contributed by atoms with van der Waals surface area (Å²) in [5.74, 6) is 0.381. The summed E-state index contributed by atoms with van der Waals surface area (Å²) in [5.41, 5.74) is 3.42. The molecule has 2 heterocycles. The van der Waals surface area contributed by atoms with E-state index in [9.17, 15) is 4.79 Å². The monoisotopic (exact) mass is 326 g/mol. The number of rotatable bonds is 5. The van der Waals surface area contributed by atoms with Gasteiger partial charge in [0.05, 0.1) is 6.10 Å². The van der Waals surface area contributed by atoms with Crippen molar-refractivity contribution in [2.24, 2.45) is 0 Å². The number of amides is 1. The van der Waals surface area contributed by atoms with Gasteiger partial charge in [0.15, 0.2) is 0 Å². The number of aromatic nitrogens is 2. The minimum atomic E-state index is -0.249. The third-order valence-corrected chi connectivity index (χ3v) is 4.20. The Morgan fingerprint density at radius 1 is 1.25 bits per heavy atom. The lowest BCUT2D eigenvalue weighted by Crippen LogP contribution is -2.20. The van der Waals surface area contributed by atoms with E-state index in [1.165, 1.54) is 11.9 Å². The van der Waals surface area contributed by atoms with Gasteiger partial charge in [0.2, 0.25) is 0 Å². The molecule has 1 saturated heterocycles. The van der Waals surface area contributed by atoms with Crippen molar-refractivity contribution in [1.82, 2.24) is 9.97 Å². The molecule has 0 bridgehead atoms. The van der Waals surface area contributed by atoms with E-state index in [1.54, 1.807) is 6.07 Å². The summed E-state index contributed by atoms with van der Waals surface area (Å²) in [6.45, 7) is 5.56. The Hall–Kier alpha value is -2.47. The Bertz CT molecular complexity index is 727. The number of benzene rings is 1. The number of anilines is 2. The first-order valence-electron chi connectivity index (χ1n) is 8.18. The molecular formula is C18H22N4O2. The third kappa shape index (κ3) is 4.08. The maximum absolute atomic E-state index is 12.4. The predicted molar refractivity (Wildman–Crippen MR) is 93.4 cm³/mol. The van der Waals surface area contributed by atoms with Gasteiger partial charge in [-0.1, -0.05) is 6.07 Å². The van der Waals surface area contributed by atoms with Gasteiger partial charge < -0.3 is 15.4 Å². The molecule has 2 aromatic rings. The first-order valence-corrected chi connectivity index (χ1v) is 8.18. The molecule has 3 rings (SSSR count). The van der Waals surface area contributed by atoms with Crippen LogP contribution in [0.4, 0.5) is 11.5 Å². The Morgan fingerprint density at radius 2 is 2.12 bits per heavy atom. The molecule has 0 aliphatic carbocycles. The summed E-state index contributed by atoms with van der Waals surface area (Å²) < 4.78 is 5.57. The Morgan fingerprint density at radius 3 is 2.88 bits per heavy atom. The van der Waals surface area contributed by atoms with Crippen molar-refractivity contribution < 1.29 is 9.53 Å². The number of hydrogen-bond donors (Lipinski definition) is 2. The SMILES string of the molecule is Cc1ccc(NC(=O)c2cc(NCC3CCCO3)ncn2)cc1C. The van der Waals surface area contributed by atoms with Crippen LogP contribution in [0.2, 0.25) is 0 Å². The summed E-state index contributed by atoms with van der Waals surface area (Å²) in [6, 6.07) is 7.48. The van der Waals surface area contributed by atoms with E-state index in [2.05, 4.69) is 20.6 Å². The molecule has 1 aromatic carbocycles. The van der Waals surface area contributed by atoms with Crippen LogP contribution < -0.4 is 10.6 Å². The summed E-state index contributed by atoms with van der Waals surface area (Å²) in [5, 5.41) is 6.08. The molecule has 6 nitrogen and oxygen atoms in total. The first kappa shape index (κ1) is 16.4. The quantitative estimate of drug-likeness (QED) is 0.883. The number of aryl methyl sites for hydroxylation is 2. The summed E-state index contributed by atoms with van der Waals surface area (Å²) in [6.07, 6.45) is 3.76. The van der Waals surface area contributed by atoms with Crippen molar-refractivity contribution in [2.75, 3.05) is 23.8 Å². The molecule has 6 heteroatoms. The van der Waals surface area contributed by atoms with Gasteiger partial charge in [-0.25, -0.2) is 9.97 Å². The van der Waals surface area contributed by atoms with Crippen LogP contribution in [-0.2, 0) is 4.74 Å². The van der Waals surface area contributed by atoms with Gasteiger partial charge in [-0.2, -0.15) is 0 Å². The second kappa shape index (κ2) is 7.40. The topological polar surface area (TPSA) is 76.1 Å². The van der Waals surface area contributed by atoms with Gasteiger partial charge in [0.25, 0.3) is 5.91 Å². The summed E-state index contributed by atoms with van der Waals surface area (Å²) in [4.78, 5) is 20.6. The smallest absolute Gasteiger partial charge is 0.274 e. The van der Waals surface area contributed by atoms with Crippen molar-refractivity contribution in [1.29, 1.82) is 0 Å². The van der Waals surface area contributed by atoms with Gasteiger partial charge in [0.1, 0.15) is 17.8 Å². The highest BCUT2D eigenvalue weighted by atomic mass is 16.5. The molecule has 0 spiro atoms. The van der Waals surface area contributed by atoms with Crippen molar-refractivity contribution in [3.05, 3.63) is 47.4 Å². The van der Waals surface area contributed by atoms with Gasteiger partial charge in [0, 0.05) is 24.9 Å². The van der Waals surface area contributed by atoms with Crippen LogP contribution in [0.25, 0.3) is 0 Å². The van der Waals surface area contributed by atoms with Gasteiger partial charge in [-0.15, -0.1) is 0 Å². The van der Waals surface area contributed by atoms with Crippen molar-refractivity contribution in [3.63, 3.8) is 0 Å². The van der Waals surface area contributed by atoms with Crippen LogP contribution in [0.1, 0.15) is 34.5 Å². The van der Waals surface area contributed by atoms with Crippen molar-refractivity contribution in [3.8, 4) is 0 Å². The highest BCUT2D eigenvalue weighted by molar-refractivity contribution is 6.03. The van der Waals surface area contributed by atoms with Crippen LogP contribution in [0, 0.1) is 13.8 Å². The zero-order valence-corrected chi connectivity index (χ0v) is 14.0. The van der Waals surface area contributed by atoms with Gasteiger partial charge in [-0.05, 0) is 49.9 Å². The fourth-order valence-corrected chi connectivity index (χ4v) is 2.62. The molecule has 0 radical (unpaired) electrons. The van der Waals surface area contributed by atoms with Crippen LogP contribution in [0.3, 0.4) is 0 Å². The lowest BCUT2D eigenvalue weighted by Gasteiger charge is -2.12. The molecule has 1 aromatic heterocycles. The fourth-order valence-electron chi connectivity index (χ4n) is 2.62. The maximum Gasteiger partial charge on any atom is 0.274 e. The molecule has 24 heavy (non-hydrogen) atoms. The average molecular weight is 326 g/mol. The van der Waals surface area contributed by atoms with Crippen LogP contribution in [0.5, 0.6) is 0 Å². The molecule has 0 saturated carbocycles. The van der Waals surface area contributed by atoms with Crippen LogP contribution in [-0.4, -0.2) is 35.1 Å². The first-order chi connectivity index (χ1) is 11.6. The normalized spacial score (nSPS) is 16.8. The lowest BCUT2D eigenvalue weighted by molar-refractivity contribution is 0.102. The molecule has 126 valence electrons. The number of ether oxygens (including phenoxy) is 1. The molecule has 1 unspecified atom stereocenters. The Balaban J connectivity index is 1.63. The third-order valence-electron chi connectivity index (χ3n) is 4.20. The minimum Gasteiger partial charge on any atom is -0.376 e. The van der Waals surface area contributed by atoms with E-state index in [1.807, 2.05) is 32.0 Å². The van der Waals surface area contributed by atoms with E-state index in [0.717, 1.165) is 30.7 Å². The van der Waals surface area contributed by atoms with E-state index in [0.29, 0.717) is 18.1 Å². The lowest BCUT2D eigenvalue weighted by atomic mass is 10.1. The second-order valence-corrected chi connectivity index (χ2v) is 6.06. The molecule has 1 atom stereocenters. The number of nitrogens with zero attached hydrogens (tertiary/aromatic N) is 2. The molecular weight excluding hydrogens is 304 g/mol. The minimum absolute atomic E-state index is 0.216. The molecule has 1 fully saturated rings. The van der Waals surface area contributed by atoms with E-state index < -0.39 is 0 Å². The Kier molecular flexibility index (Phi) is 5.05. The number of carbonyl (C=O) groups is 1. The average Bonchev–Trinajstić information content (AvgIpc) is 3.10. The molecule has 2 N–H and O–H groups in total. The zero-order valence-electron chi connectivity index (χ0n) is 14.0. The molecule has 1 aliphatic heterocycles. The zero-order chi connectivity index (χ0) is 16.9. The highest BCUT2D eigenvalue weighted by Crippen LogP contribution is 2.16. The van der Waals surface area contributed by atoms with Gasteiger partial charge in [-0.3, -0.25) is 4.79 Å². The molecule has 1 amide bonds. The van der Waals surface area contributed by atoms with E-state index >= 15 is 0 Å². The van der Waals surface area contributed by atoms with E-state index in [4.69, 9.17) is 4.74 Å².